The van der Waals surface area contributed by atoms with Crippen molar-refractivity contribution in [1.29, 1.82) is 0 Å². The number of fused-ring (bicyclic) bond motifs is 1. The third kappa shape index (κ3) is 5.82. The summed E-state index contributed by atoms with van der Waals surface area (Å²) in [6.07, 6.45) is 3.26. The van der Waals surface area contributed by atoms with Crippen LogP contribution in [0.2, 0.25) is 0 Å². The van der Waals surface area contributed by atoms with Gasteiger partial charge in [-0.15, -0.1) is 6.58 Å². The highest BCUT2D eigenvalue weighted by Crippen LogP contribution is 2.26. The van der Waals surface area contributed by atoms with E-state index in [4.69, 9.17) is 9.47 Å². The summed E-state index contributed by atoms with van der Waals surface area (Å²) in [5, 5.41) is 16.4. The predicted octanol–water partition coefficient (Wildman–Crippen LogP) is 3.78. The highest BCUT2D eigenvalue weighted by molar-refractivity contribution is 5.86. The molecule has 0 aliphatic rings. The van der Waals surface area contributed by atoms with Gasteiger partial charge < -0.3 is 25.2 Å². The summed E-state index contributed by atoms with van der Waals surface area (Å²) in [6.45, 7) is 6.37. The van der Waals surface area contributed by atoms with Gasteiger partial charge in [0.2, 0.25) is 5.95 Å². The number of rotatable bonds is 11. The second-order valence-corrected chi connectivity index (χ2v) is 7.32. The van der Waals surface area contributed by atoms with Crippen molar-refractivity contribution in [3.05, 3.63) is 54.2 Å². The van der Waals surface area contributed by atoms with Crippen molar-refractivity contribution in [3.8, 4) is 11.5 Å². The molecule has 1 aromatic carbocycles. The first-order valence-electron chi connectivity index (χ1n) is 10.1. The molecule has 1 atom stereocenters. The van der Waals surface area contributed by atoms with Crippen LogP contribution in [-0.4, -0.2) is 46.9 Å². The van der Waals surface area contributed by atoms with Gasteiger partial charge in [-0.1, -0.05) is 5.57 Å². The Morgan fingerprint density at radius 2 is 2.03 bits per heavy atom. The van der Waals surface area contributed by atoms with Crippen LogP contribution in [0.5, 0.6) is 11.5 Å². The normalized spacial score (nSPS) is 11.7. The molecule has 8 nitrogen and oxygen atoms in total. The van der Waals surface area contributed by atoms with Gasteiger partial charge in [-0.3, -0.25) is 4.98 Å². The van der Waals surface area contributed by atoms with Crippen molar-refractivity contribution < 1.29 is 14.6 Å². The van der Waals surface area contributed by atoms with Gasteiger partial charge in [-0.25, -0.2) is 4.98 Å². The lowest BCUT2D eigenvalue weighted by molar-refractivity contribution is 0.269. The van der Waals surface area contributed by atoms with E-state index in [1.165, 1.54) is 0 Å². The number of pyridine rings is 1. The maximum absolute atomic E-state index is 9.80. The monoisotopic (exact) mass is 423 g/mol. The lowest BCUT2D eigenvalue weighted by Crippen LogP contribution is -2.25. The molecule has 3 N–H and O–H groups in total. The summed E-state index contributed by atoms with van der Waals surface area (Å²) in [4.78, 5) is 13.6. The van der Waals surface area contributed by atoms with Crippen molar-refractivity contribution in [1.82, 2.24) is 15.0 Å². The van der Waals surface area contributed by atoms with E-state index >= 15 is 0 Å². The summed E-state index contributed by atoms with van der Waals surface area (Å²) in [5.41, 5.74) is 3.38. The summed E-state index contributed by atoms with van der Waals surface area (Å²) in [7, 11) is 3.24. The van der Waals surface area contributed by atoms with Crippen molar-refractivity contribution in [2.24, 2.45) is 0 Å². The molecule has 0 aliphatic carbocycles. The molecule has 0 radical (unpaired) electrons. The van der Waals surface area contributed by atoms with E-state index in [9.17, 15) is 5.11 Å². The van der Waals surface area contributed by atoms with Gasteiger partial charge in [0, 0.05) is 24.4 Å². The number of hydrogen-bond donors (Lipinski definition) is 3. The molecule has 3 rings (SSSR count). The molecule has 0 aliphatic heterocycles. The zero-order chi connectivity index (χ0) is 22.2. The Morgan fingerprint density at radius 3 is 2.74 bits per heavy atom. The van der Waals surface area contributed by atoms with E-state index < -0.39 is 0 Å². The topological polar surface area (TPSA) is 101 Å². The Morgan fingerprint density at radius 1 is 1.19 bits per heavy atom. The minimum absolute atomic E-state index is 0.0164. The molecule has 2 heterocycles. The number of aliphatic hydroxyl groups is 1. The number of nitrogens with zero attached hydrogens (tertiary/aromatic N) is 3. The van der Waals surface area contributed by atoms with Crippen LogP contribution in [0.4, 0.5) is 11.8 Å². The number of ether oxygens (including phenoxy) is 2. The molecular weight excluding hydrogens is 394 g/mol. The van der Waals surface area contributed by atoms with Crippen LogP contribution in [0.3, 0.4) is 0 Å². The fourth-order valence-corrected chi connectivity index (χ4v) is 3.14. The summed E-state index contributed by atoms with van der Waals surface area (Å²) >= 11 is 0. The van der Waals surface area contributed by atoms with Crippen molar-refractivity contribution in [3.63, 3.8) is 0 Å². The molecule has 0 spiro atoms. The molecule has 8 heteroatoms. The van der Waals surface area contributed by atoms with Crippen LogP contribution in [0, 0.1) is 0 Å². The van der Waals surface area contributed by atoms with E-state index in [0.29, 0.717) is 35.1 Å². The number of anilines is 2. The predicted molar refractivity (Wildman–Crippen MR) is 123 cm³/mol. The highest BCUT2D eigenvalue weighted by atomic mass is 16.5. The van der Waals surface area contributed by atoms with Gasteiger partial charge >= 0.3 is 0 Å². The Balaban J connectivity index is 1.84. The number of hydrogen-bond acceptors (Lipinski definition) is 8. The number of allylic oxidation sites excluding steroid dienone is 1. The van der Waals surface area contributed by atoms with E-state index in [0.717, 1.165) is 29.7 Å². The highest BCUT2D eigenvalue weighted by Gasteiger charge is 2.14. The van der Waals surface area contributed by atoms with Crippen molar-refractivity contribution in [2.45, 2.75) is 32.4 Å². The SMILES string of the molecule is C=C(C)CC[C@H](CO)Nc1nc(NCc2ccc(OC)cc2OC)nc2cccnc12. The van der Waals surface area contributed by atoms with Gasteiger partial charge in [-0.2, -0.15) is 4.98 Å². The zero-order valence-corrected chi connectivity index (χ0v) is 18.2. The molecule has 0 saturated carbocycles. The standard InChI is InChI=1S/C23H29N5O3/c1-15(2)7-9-17(14-29)26-22-21-19(6-5-11-24-21)27-23(28-22)25-13-16-8-10-18(30-3)12-20(16)31-4/h5-6,8,10-12,17,29H,1,7,9,13-14H2,2-4H3,(H2,25,26,27,28)/t17-/m1/s1. The maximum atomic E-state index is 9.80. The average molecular weight is 424 g/mol. The molecule has 3 aromatic rings. The minimum Gasteiger partial charge on any atom is -0.497 e. The molecule has 2 aromatic heterocycles. The number of aliphatic hydroxyl groups excluding tert-OH is 1. The van der Waals surface area contributed by atoms with Crippen LogP contribution in [0.15, 0.2) is 48.7 Å². The maximum Gasteiger partial charge on any atom is 0.225 e. The Labute approximate surface area is 182 Å². The first kappa shape index (κ1) is 22.3. The minimum atomic E-state index is -0.161. The Kier molecular flexibility index (Phi) is 7.61. The molecule has 31 heavy (non-hydrogen) atoms. The second-order valence-electron chi connectivity index (χ2n) is 7.32. The second kappa shape index (κ2) is 10.6. The Hall–Kier alpha value is -3.39. The number of methoxy groups -OCH3 is 2. The smallest absolute Gasteiger partial charge is 0.225 e. The van der Waals surface area contributed by atoms with E-state index in [1.807, 2.05) is 37.3 Å². The fraction of sp³-hybridized carbons (Fsp3) is 0.348. The molecule has 0 amide bonds. The van der Waals surface area contributed by atoms with Crippen LogP contribution in [-0.2, 0) is 6.54 Å². The van der Waals surface area contributed by atoms with E-state index in [2.05, 4.69) is 32.2 Å². The van der Waals surface area contributed by atoms with Crippen molar-refractivity contribution >= 4 is 22.8 Å². The first-order chi connectivity index (χ1) is 15.0. The summed E-state index contributed by atoms with van der Waals surface area (Å²) in [5.74, 6) is 2.48. The molecule has 0 saturated heterocycles. The van der Waals surface area contributed by atoms with Gasteiger partial charge in [0.1, 0.15) is 17.0 Å². The number of benzene rings is 1. The molecule has 0 fully saturated rings. The Bertz CT molecular complexity index is 1040. The first-order valence-corrected chi connectivity index (χ1v) is 10.1. The van der Waals surface area contributed by atoms with Crippen molar-refractivity contribution in [2.75, 3.05) is 31.5 Å². The van der Waals surface area contributed by atoms with Gasteiger partial charge in [0.15, 0.2) is 5.82 Å². The average Bonchev–Trinajstić information content (AvgIpc) is 2.79. The lowest BCUT2D eigenvalue weighted by atomic mass is 10.1. The van der Waals surface area contributed by atoms with Crippen LogP contribution < -0.4 is 20.1 Å². The molecule has 164 valence electrons. The third-order valence-electron chi connectivity index (χ3n) is 4.87. The lowest BCUT2D eigenvalue weighted by Gasteiger charge is -2.18. The molecule has 0 unspecified atom stereocenters. The third-order valence-corrected chi connectivity index (χ3v) is 4.87. The van der Waals surface area contributed by atoms with Crippen LogP contribution in [0.25, 0.3) is 11.0 Å². The van der Waals surface area contributed by atoms with Gasteiger partial charge in [0.25, 0.3) is 0 Å². The quantitative estimate of drug-likeness (QED) is 0.401. The van der Waals surface area contributed by atoms with Crippen LogP contribution in [0.1, 0.15) is 25.3 Å². The summed E-state index contributed by atoms with van der Waals surface area (Å²) < 4.78 is 10.7. The van der Waals surface area contributed by atoms with Gasteiger partial charge in [-0.05, 0) is 44.0 Å². The molecular formula is C23H29N5O3. The van der Waals surface area contributed by atoms with E-state index in [1.54, 1.807) is 20.4 Å². The largest absolute Gasteiger partial charge is 0.497 e. The molecule has 0 bridgehead atoms. The fourth-order valence-electron chi connectivity index (χ4n) is 3.14. The zero-order valence-electron chi connectivity index (χ0n) is 18.2. The van der Waals surface area contributed by atoms with Crippen LogP contribution >= 0.6 is 0 Å². The number of nitrogens with one attached hydrogen (secondary N) is 2. The van der Waals surface area contributed by atoms with E-state index in [-0.39, 0.29) is 12.6 Å². The van der Waals surface area contributed by atoms with Gasteiger partial charge in [0.05, 0.1) is 32.4 Å². The summed E-state index contributed by atoms with van der Waals surface area (Å²) in [6, 6.07) is 9.21. The number of aromatic nitrogens is 3.